The van der Waals surface area contributed by atoms with Crippen molar-refractivity contribution in [2.75, 3.05) is 37.5 Å². The van der Waals surface area contributed by atoms with Gasteiger partial charge in [0.1, 0.15) is 5.82 Å². The molecular weight excluding hydrogens is 418 g/mol. The minimum absolute atomic E-state index is 0.172. The molecule has 2 aliphatic heterocycles. The van der Waals surface area contributed by atoms with E-state index in [1.54, 1.807) is 15.2 Å². The van der Waals surface area contributed by atoms with Crippen LogP contribution in [0, 0.1) is 0 Å². The van der Waals surface area contributed by atoms with E-state index in [-0.39, 0.29) is 12.1 Å². The molecule has 0 amide bonds. The van der Waals surface area contributed by atoms with Crippen molar-refractivity contribution in [2.45, 2.75) is 38.8 Å². The number of ether oxygens (including phenoxy) is 1. The van der Waals surface area contributed by atoms with Gasteiger partial charge in [-0.05, 0) is 25.0 Å². The van der Waals surface area contributed by atoms with Gasteiger partial charge in [-0.2, -0.15) is 19.2 Å². The molecule has 166 valence electrons. The van der Waals surface area contributed by atoms with Crippen LogP contribution < -0.4 is 4.90 Å². The molecule has 0 aromatic carbocycles. The Balaban J connectivity index is 1.78. The maximum atomic E-state index is 12.6. The quantitative estimate of drug-likeness (QED) is 0.650. The fourth-order valence-corrected chi connectivity index (χ4v) is 5.89. The van der Waals surface area contributed by atoms with Gasteiger partial charge in [-0.3, -0.25) is 5.10 Å². The molecule has 3 aromatic heterocycles. The van der Waals surface area contributed by atoms with E-state index in [1.165, 1.54) is 6.26 Å². The molecule has 2 atom stereocenters. The van der Waals surface area contributed by atoms with Crippen LogP contribution in [0.1, 0.15) is 37.6 Å². The monoisotopic (exact) mass is 445 g/mol. The Morgan fingerprint density at radius 3 is 2.84 bits per heavy atom. The number of sulfonamides is 1. The molecule has 0 bridgehead atoms. The second-order valence-electron chi connectivity index (χ2n) is 8.23. The number of aromatic amines is 1. The van der Waals surface area contributed by atoms with Crippen LogP contribution in [0.15, 0.2) is 18.3 Å². The molecule has 0 aliphatic carbocycles. The van der Waals surface area contributed by atoms with Crippen LogP contribution in [0.4, 0.5) is 5.82 Å². The summed E-state index contributed by atoms with van der Waals surface area (Å²) < 4.78 is 34.3. The summed E-state index contributed by atoms with van der Waals surface area (Å²) in [4.78, 5) is 7.25. The van der Waals surface area contributed by atoms with Gasteiger partial charge in [-0.1, -0.05) is 6.92 Å². The summed E-state index contributed by atoms with van der Waals surface area (Å²) in [6, 6.07) is 3.82. The Hall–Kier alpha value is -2.50. The van der Waals surface area contributed by atoms with Crippen LogP contribution in [0.3, 0.4) is 0 Å². The van der Waals surface area contributed by atoms with Crippen molar-refractivity contribution in [1.29, 1.82) is 0 Å². The summed E-state index contributed by atoms with van der Waals surface area (Å²) in [5.74, 6) is 1.55. The molecule has 0 spiro atoms. The first kappa shape index (κ1) is 20.4. The Morgan fingerprint density at radius 2 is 2.16 bits per heavy atom. The van der Waals surface area contributed by atoms with Gasteiger partial charge in [-0.15, -0.1) is 0 Å². The highest BCUT2D eigenvalue weighted by Crippen LogP contribution is 2.39. The molecule has 10 nitrogen and oxygen atoms in total. The van der Waals surface area contributed by atoms with E-state index in [9.17, 15) is 8.42 Å². The summed E-state index contributed by atoms with van der Waals surface area (Å²) in [6.45, 7) is 6.53. The van der Waals surface area contributed by atoms with Crippen molar-refractivity contribution < 1.29 is 13.2 Å². The first-order valence-electron chi connectivity index (χ1n) is 10.6. The largest absolute Gasteiger partial charge is 0.377 e. The molecule has 0 radical (unpaired) electrons. The molecule has 1 N–H and O–H groups in total. The zero-order valence-electron chi connectivity index (χ0n) is 17.9. The second-order valence-corrected chi connectivity index (χ2v) is 10.2. The number of aromatic nitrogens is 5. The van der Waals surface area contributed by atoms with E-state index in [2.05, 4.69) is 28.1 Å². The summed E-state index contributed by atoms with van der Waals surface area (Å²) in [7, 11) is -3.38. The number of H-pyrrole nitrogens is 1. The van der Waals surface area contributed by atoms with Crippen molar-refractivity contribution >= 4 is 26.9 Å². The standard InChI is InChI=1S/C20H27N7O3S/c1-4-16-14-11-18(25-9-10-30-12-13(25)2)22-20-19(14)15(6-8-26(16)31(3,28)29)24-27(20)17-5-7-21-23-17/h5,7,11,13,16H,4,6,8-10,12H2,1-3H3,(H,21,23)/t13-,16?/m1/s1. The maximum Gasteiger partial charge on any atom is 0.211 e. The molecule has 5 heterocycles. The van der Waals surface area contributed by atoms with Crippen LogP contribution in [0.25, 0.3) is 16.9 Å². The van der Waals surface area contributed by atoms with Gasteiger partial charge in [0.05, 0.1) is 43.4 Å². The summed E-state index contributed by atoms with van der Waals surface area (Å²) >= 11 is 0. The number of nitrogens with one attached hydrogen (secondary N) is 1. The van der Waals surface area contributed by atoms with Crippen LogP contribution >= 0.6 is 0 Å². The lowest BCUT2D eigenvalue weighted by Crippen LogP contribution is -2.44. The molecule has 1 unspecified atom stereocenters. The van der Waals surface area contributed by atoms with E-state index in [4.69, 9.17) is 14.8 Å². The number of nitrogens with zero attached hydrogens (tertiary/aromatic N) is 6. The zero-order chi connectivity index (χ0) is 21.8. The summed E-state index contributed by atoms with van der Waals surface area (Å²) in [5.41, 5.74) is 2.54. The average Bonchev–Trinajstić information content (AvgIpc) is 3.34. The second kappa shape index (κ2) is 7.57. The lowest BCUT2D eigenvalue weighted by atomic mass is 10.0. The van der Waals surface area contributed by atoms with Gasteiger partial charge in [0, 0.05) is 31.0 Å². The zero-order valence-corrected chi connectivity index (χ0v) is 18.8. The first-order valence-corrected chi connectivity index (χ1v) is 12.5. The van der Waals surface area contributed by atoms with Crippen LogP contribution in [0.5, 0.6) is 0 Å². The molecule has 1 saturated heterocycles. The highest BCUT2D eigenvalue weighted by atomic mass is 32.2. The Bertz CT molecular complexity index is 1210. The smallest absolute Gasteiger partial charge is 0.211 e. The molecule has 2 aliphatic rings. The highest BCUT2D eigenvalue weighted by Gasteiger charge is 2.35. The SMILES string of the molecule is CCC1c2cc(N3CCOC[C@H]3C)nc3c2c(nn3-c2ccn[nH]2)CCN1S(C)(=O)=O. The van der Waals surface area contributed by atoms with Gasteiger partial charge >= 0.3 is 0 Å². The highest BCUT2D eigenvalue weighted by molar-refractivity contribution is 7.88. The van der Waals surface area contributed by atoms with Gasteiger partial charge in [0.25, 0.3) is 0 Å². The third-order valence-electron chi connectivity index (χ3n) is 6.19. The van der Waals surface area contributed by atoms with Crippen molar-refractivity contribution in [3.05, 3.63) is 29.6 Å². The van der Waals surface area contributed by atoms with E-state index in [0.717, 1.165) is 40.5 Å². The van der Waals surface area contributed by atoms with Crippen molar-refractivity contribution in [2.24, 2.45) is 0 Å². The number of anilines is 1. The van der Waals surface area contributed by atoms with E-state index >= 15 is 0 Å². The number of rotatable bonds is 4. The minimum Gasteiger partial charge on any atom is -0.377 e. The third kappa shape index (κ3) is 3.40. The molecular formula is C20H27N7O3S. The van der Waals surface area contributed by atoms with E-state index in [1.807, 2.05) is 13.0 Å². The van der Waals surface area contributed by atoms with Crippen LogP contribution in [-0.4, -0.2) is 76.3 Å². The topological polar surface area (TPSA) is 109 Å². The predicted octanol–water partition coefficient (Wildman–Crippen LogP) is 1.64. The van der Waals surface area contributed by atoms with Crippen molar-refractivity contribution in [1.82, 2.24) is 29.3 Å². The Kier molecular flexibility index (Phi) is 4.98. The Morgan fingerprint density at radius 1 is 1.32 bits per heavy atom. The fourth-order valence-electron chi connectivity index (χ4n) is 4.74. The molecule has 0 saturated carbocycles. The lowest BCUT2D eigenvalue weighted by molar-refractivity contribution is 0.0985. The molecule has 5 rings (SSSR count). The number of morpholine rings is 1. The summed E-state index contributed by atoms with van der Waals surface area (Å²) in [5, 5.41) is 12.8. The summed E-state index contributed by atoms with van der Waals surface area (Å²) in [6.07, 6.45) is 4.17. The van der Waals surface area contributed by atoms with E-state index in [0.29, 0.717) is 32.6 Å². The number of hydrogen-bond acceptors (Lipinski definition) is 7. The molecule has 31 heavy (non-hydrogen) atoms. The van der Waals surface area contributed by atoms with Crippen molar-refractivity contribution in [3.8, 4) is 5.82 Å². The number of pyridine rings is 1. The van der Waals surface area contributed by atoms with Crippen molar-refractivity contribution in [3.63, 3.8) is 0 Å². The number of hydrogen-bond donors (Lipinski definition) is 1. The van der Waals surface area contributed by atoms with Crippen LogP contribution in [-0.2, 0) is 21.2 Å². The third-order valence-corrected chi connectivity index (χ3v) is 7.48. The first-order chi connectivity index (χ1) is 14.9. The fraction of sp³-hybridized carbons (Fsp3) is 0.550. The minimum atomic E-state index is -3.38. The van der Waals surface area contributed by atoms with Gasteiger partial charge in [0.2, 0.25) is 10.0 Å². The maximum absolute atomic E-state index is 12.6. The predicted molar refractivity (Wildman–Crippen MR) is 117 cm³/mol. The molecule has 3 aromatic rings. The average molecular weight is 446 g/mol. The van der Waals surface area contributed by atoms with E-state index < -0.39 is 10.0 Å². The van der Waals surface area contributed by atoms with Gasteiger partial charge in [0.15, 0.2) is 11.5 Å². The van der Waals surface area contributed by atoms with Gasteiger partial charge < -0.3 is 9.64 Å². The normalized spacial score (nSPS) is 22.7. The molecule has 1 fully saturated rings. The lowest BCUT2D eigenvalue weighted by Gasteiger charge is -2.35. The Labute approximate surface area is 181 Å². The van der Waals surface area contributed by atoms with Gasteiger partial charge in [-0.25, -0.2) is 13.4 Å². The molecule has 11 heteroatoms. The van der Waals surface area contributed by atoms with Crippen LogP contribution in [0.2, 0.25) is 0 Å².